The first kappa shape index (κ1) is 20.1. The highest BCUT2D eigenvalue weighted by Gasteiger charge is 2.23. The second-order valence-corrected chi connectivity index (χ2v) is 8.06. The van der Waals surface area contributed by atoms with Crippen molar-refractivity contribution < 1.29 is 14.4 Å². The Kier molecular flexibility index (Phi) is 5.56. The van der Waals surface area contributed by atoms with E-state index in [1.54, 1.807) is 25.0 Å². The van der Waals surface area contributed by atoms with Crippen LogP contribution in [0.3, 0.4) is 0 Å². The Morgan fingerprint density at radius 3 is 2.10 bits per heavy atom. The van der Waals surface area contributed by atoms with Crippen molar-refractivity contribution >= 4 is 32.3 Å². The molecule has 2 aromatic heterocycles. The molecule has 30 heavy (non-hydrogen) atoms. The first-order chi connectivity index (χ1) is 14.5. The van der Waals surface area contributed by atoms with E-state index < -0.39 is 4.92 Å². The molecule has 0 radical (unpaired) electrons. The van der Waals surface area contributed by atoms with Crippen LogP contribution in [0.4, 0.5) is 5.00 Å². The topological polar surface area (TPSA) is 79.4 Å². The van der Waals surface area contributed by atoms with Crippen molar-refractivity contribution in [2.45, 2.75) is 0 Å². The minimum Gasteiger partial charge on any atom is -0.497 e. The van der Waals surface area contributed by atoms with E-state index in [-0.39, 0.29) is 5.00 Å². The summed E-state index contributed by atoms with van der Waals surface area (Å²) in [4.78, 5) is 11.5. The molecule has 0 aliphatic carbocycles. The van der Waals surface area contributed by atoms with Gasteiger partial charge in [0.05, 0.1) is 29.7 Å². The van der Waals surface area contributed by atoms with Gasteiger partial charge in [0.25, 0.3) is 0 Å². The van der Waals surface area contributed by atoms with Crippen molar-refractivity contribution in [2.75, 3.05) is 14.2 Å². The van der Waals surface area contributed by atoms with E-state index in [2.05, 4.69) is 15.9 Å². The van der Waals surface area contributed by atoms with Crippen molar-refractivity contribution in [3.05, 3.63) is 75.4 Å². The molecule has 0 amide bonds. The molecule has 4 rings (SSSR count). The molecular formula is C21H16BrN3O4S. The van der Waals surface area contributed by atoms with Crippen LogP contribution in [0, 0.1) is 10.1 Å². The maximum Gasteiger partial charge on any atom is 0.324 e. The number of nitrogens with zero attached hydrogens (tertiary/aromatic N) is 3. The number of ether oxygens (including phenoxy) is 2. The molecule has 0 bridgehead atoms. The van der Waals surface area contributed by atoms with Crippen LogP contribution < -0.4 is 9.47 Å². The lowest BCUT2D eigenvalue weighted by Gasteiger charge is -2.06. The molecule has 0 fully saturated rings. The Labute approximate surface area is 184 Å². The summed E-state index contributed by atoms with van der Waals surface area (Å²) in [6.07, 6.45) is 0. The Morgan fingerprint density at radius 2 is 1.57 bits per heavy atom. The van der Waals surface area contributed by atoms with Gasteiger partial charge in [0.2, 0.25) is 0 Å². The van der Waals surface area contributed by atoms with Crippen molar-refractivity contribution in [2.24, 2.45) is 0 Å². The molecule has 2 heterocycles. The summed E-state index contributed by atoms with van der Waals surface area (Å²) in [7, 11) is 3.23. The molecule has 4 aromatic rings. The summed E-state index contributed by atoms with van der Waals surface area (Å²) >= 11 is 4.78. The van der Waals surface area contributed by atoms with Crippen LogP contribution in [0.25, 0.3) is 27.4 Å². The molecule has 0 unspecified atom stereocenters. The molecule has 152 valence electrons. The number of rotatable bonds is 6. The van der Waals surface area contributed by atoms with Crippen molar-refractivity contribution in [3.8, 4) is 38.9 Å². The average molecular weight is 486 g/mol. The van der Waals surface area contributed by atoms with E-state index in [9.17, 15) is 10.1 Å². The predicted octanol–water partition coefficient (Wildman–Crippen LogP) is 5.96. The SMILES string of the molecule is COc1ccc(-c2c(-c3ccc([N+](=O)[O-])s3)nn(-c3ccc(OC)cc3)c2Br)cc1. The molecular weight excluding hydrogens is 470 g/mol. The fourth-order valence-corrected chi connectivity index (χ4v) is 4.54. The Bertz CT molecular complexity index is 1200. The maximum absolute atomic E-state index is 11.2. The number of thiophene rings is 1. The van der Waals surface area contributed by atoms with Crippen molar-refractivity contribution in [1.82, 2.24) is 9.78 Å². The van der Waals surface area contributed by atoms with E-state index in [0.29, 0.717) is 10.6 Å². The van der Waals surface area contributed by atoms with Gasteiger partial charge >= 0.3 is 5.00 Å². The van der Waals surface area contributed by atoms with E-state index in [0.717, 1.165) is 44.3 Å². The molecule has 0 N–H and O–H groups in total. The van der Waals surface area contributed by atoms with Gasteiger partial charge in [-0.1, -0.05) is 23.5 Å². The molecule has 0 aliphatic rings. The number of nitro groups is 1. The second kappa shape index (κ2) is 8.29. The zero-order valence-corrected chi connectivity index (χ0v) is 18.4. The largest absolute Gasteiger partial charge is 0.497 e. The van der Waals surface area contributed by atoms with E-state index >= 15 is 0 Å². The van der Waals surface area contributed by atoms with Crippen molar-refractivity contribution in [1.29, 1.82) is 0 Å². The first-order valence-corrected chi connectivity index (χ1v) is 10.4. The second-order valence-electron chi connectivity index (χ2n) is 6.25. The summed E-state index contributed by atoms with van der Waals surface area (Å²) in [5.74, 6) is 1.48. The van der Waals surface area contributed by atoms with Crippen LogP contribution in [-0.4, -0.2) is 28.9 Å². The lowest BCUT2D eigenvalue weighted by molar-refractivity contribution is -0.380. The van der Waals surface area contributed by atoms with Gasteiger partial charge in [-0.3, -0.25) is 10.1 Å². The number of methoxy groups -OCH3 is 2. The van der Waals surface area contributed by atoms with Crippen LogP contribution in [-0.2, 0) is 0 Å². The molecule has 0 atom stereocenters. The first-order valence-electron chi connectivity index (χ1n) is 8.83. The van der Waals surface area contributed by atoms with E-state index in [4.69, 9.17) is 14.6 Å². The van der Waals surface area contributed by atoms with Crippen LogP contribution in [0.15, 0.2) is 65.3 Å². The van der Waals surface area contributed by atoms with Gasteiger partial charge in [0.15, 0.2) is 0 Å². The van der Waals surface area contributed by atoms with Crippen LogP contribution in [0.5, 0.6) is 11.5 Å². The molecule has 9 heteroatoms. The normalized spacial score (nSPS) is 10.8. The third-order valence-electron chi connectivity index (χ3n) is 4.53. The summed E-state index contributed by atoms with van der Waals surface area (Å²) in [6.45, 7) is 0. The number of hydrogen-bond donors (Lipinski definition) is 0. The van der Waals surface area contributed by atoms with Gasteiger partial charge in [0.1, 0.15) is 21.8 Å². The fraction of sp³-hybridized carbons (Fsp3) is 0.0952. The molecule has 0 saturated heterocycles. The standard InChI is InChI=1S/C21H16BrN3O4S/c1-28-15-7-3-13(4-8-15)19-20(17-11-12-18(30-17)25(26)27)23-24(21(19)22)14-5-9-16(29-2)10-6-14/h3-12H,1-2H3. The van der Waals surface area contributed by atoms with Gasteiger partial charge in [-0.15, -0.1) is 0 Å². The summed E-state index contributed by atoms with van der Waals surface area (Å²) < 4.78 is 13.0. The van der Waals surface area contributed by atoms with Gasteiger partial charge in [-0.2, -0.15) is 5.10 Å². The molecule has 0 saturated carbocycles. The highest BCUT2D eigenvalue weighted by Crippen LogP contribution is 2.42. The third kappa shape index (κ3) is 3.69. The monoisotopic (exact) mass is 485 g/mol. The smallest absolute Gasteiger partial charge is 0.324 e. The number of halogens is 1. The lowest BCUT2D eigenvalue weighted by Crippen LogP contribution is -1.97. The molecule has 0 aliphatic heterocycles. The minimum absolute atomic E-state index is 0.0702. The summed E-state index contributed by atoms with van der Waals surface area (Å²) in [5, 5.41) is 16.0. The molecule has 2 aromatic carbocycles. The maximum atomic E-state index is 11.2. The van der Waals surface area contributed by atoms with E-state index in [1.807, 2.05) is 48.5 Å². The van der Waals surface area contributed by atoms with Gasteiger partial charge in [-0.05, 0) is 64.0 Å². The minimum atomic E-state index is -0.392. The number of hydrogen-bond acceptors (Lipinski definition) is 6. The highest BCUT2D eigenvalue weighted by atomic mass is 79.9. The summed E-state index contributed by atoms with van der Waals surface area (Å²) in [5.41, 5.74) is 3.23. The zero-order chi connectivity index (χ0) is 21.3. The predicted molar refractivity (Wildman–Crippen MR) is 120 cm³/mol. The fourth-order valence-electron chi connectivity index (χ4n) is 3.03. The van der Waals surface area contributed by atoms with Crippen LogP contribution in [0.2, 0.25) is 0 Å². The Morgan fingerprint density at radius 1 is 0.967 bits per heavy atom. The van der Waals surface area contributed by atoms with Gasteiger partial charge in [0, 0.05) is 11.6 Å². The summed E-state index contributed by atoms with van der Waals surface area (Å²) in [6, 6.07) is 18.3. The van der Waals surface area contributed by atoms with Crippen molar-refractivity contribution in [3.63, 3.8) is 0 Å². The average Bonchev–Trinajstić information content (AvgIpc) is 3.39. The van der Waals surface area contributed by atoms with E-state index in [1.165, 1.54) is 6.07 Å². The van der Waals surface area contributed by atoms with Gasteiger partial charge in [-0.25, -0.2) is 4.68 Å². The number of aromatic nitrogens is 2. The quantitative estimate of drug-likeness (QED) is 0.248. The van der Waals surface area contributed by atoms with Gasteiger partial charge < -0.3 is 9.47 Å². The molecule has 7 nitrogen and oxygen atoms in total. The highest BCUT2D eigenvalue weighted by molar-refractivity contribution is 9.10. The van der Waals surface area contributed by atoms with Crippen LogP contribution in [0.1, 0.15) is 0 Å². The Hall–Kier alpha value is -3.17. The zero-order valence-electron chi connectivity index (χ0n) is 16.0. The van der Waals surface area contributed by atoms with Crippen LogP contribution >= 0.6 is 27.3 Å². The lowest BCUT2D eigenvalue weighted by atomic mass is 10.1. The molecule has 0 spiro atoms. The third-order valence-corrected chi connectivity index (χ3v) is 6.31. The number of benzene rings is 2. The Balaban J connectivity index is 1.90.